The molecular weight excluding hydrogens is 355 g/mol. The van der Waals surface area contributed by atoms with E-state index in [1.807, 2.05) is 0 Å². The Morgan fingerprint density at radius 1 is 1.26 bits per heavy atom. The highest BCUT2D eigenvalue weighted by Crippen LogP contribution is 2.26. The predicted octanol–water partition coefficient (Wildman–Crippen LogP) is 3.38. The van der Waals surface area contributed by atoms with Gasteiger partial charge in [0.1, 0.15) is 11.3 Å². The van der Waals surface area contributed by atoms with Crippen LogP contribution in [0.2, 0.25) is 10.2 Å². The van der Waals surface area contributed by atoms with Crippen molar-refractivity contribution >= 4 is 56.5 Å². The second kappa shape index (κ2) is 5.73. The molecule has 0 fully saturated rings. The van der Waals surface area contributed by atoms with Gasteiger partial charge in [-0.3, -0.25) is 4.79 Å². The second-order valence-corrected chi connectivity index (χ2v) is 5.21. The number of rotatable bonds is 2. The van der Waals surface area contributed by atoms with Crippen LogP contribution in [0.25, 0.3) is 0 Å². The summed E-state index contributed by atoms with van der Waals surface area (Å²) in [6, 6.07) is 4.85. The van der Waals surface area contributed by atoms with E-state index in [4.69, 9.17) is 28.9 Å². The Kier molecular flexibility index (Phi) is 4.24. The van der Waals surface area contributed by atoms with Crippen LogP contribution in [0.3, 0.4) is 0 Å². The predicted molar refractivity (Wildman–Crippen MR) is 78.6 cm³/mol. The molecule has 0 atom stereocenters. The average molecular weight is 362 g/mol. The third-order valence-electron chi connectivity index (χ3n) is 2.16. The van der Waals surface area contributed by atoms with E-state index in [2.05, 4.69) is 31.2 Å². The van der Waals surface area contributed by atoms with Crippen LogP contribution in [-0.4, -0.2) is 15.9 Å². The summed E-state index contributed by atoms with van der Waals surface area (Å²) in [6.07, 6.45) is 1.21. The van der Waals surface area contributed by atoms with Crippen LogP contribution in [-0.2, 0) is 0 Å². The molecule has 0 aliphatic carbocycles. The first-order valence-corrected chi connectivity index (χ1v) is 6.55. The summed E-state index contributed by atoms with van der Waals surface area (Å²) in [5.74, 6) is -0.255. The highest BCUT2D eigenvalue weighted by molar-refractivity contribution is 9.10. The highest BCUT2D eigenvalue weighted by atomic mass is 79.9. The standard InChI is InChI=1S/C11H7BrCl2N4O/c12-6-1-5(2-7(15)3-6)11(19)18-10-8(13)9(14)16-4-17-10/h1-4H,15H2,(H,16,17,18,19). The Morgan fingerprint density at radius 2 is 2.00 bits per heavy atom. The molecule has 1 aromatic carbocycles. The van der Waals surface area contributed by atoms with Crippen LogP contribution in [0.4, 0.5) is 11.5 Å². The minimum atomic E-state index is -0.398. The zero-order valence-electron chi connectivity index (χ0n) is 9.32. The number of benzene rings is 1. The van der Waals surface area contributed by atoms with Crippen molar-refractivity contribution in [1.29, 1.82) is 0 Å². The summed E-state index contributed by atoms with van der Waals surface area (Å²) in [7, 11) is 0. The Hall–Kier alpha value is -1.37. The molecule has 0 unspecified atom stereocenters. The van der Waals surface area contributed by atoms with Crippen molar-refractivity contribution in [3.05, 3.63) is 44.7 Å². The van der Waals surface area contributed by atoms with E-state index in [9.17, 15) is 4.79 Å². The summed E-state index contributed by atoms with van der Waals surface area (Å²) in [4.78, 5) is 19.6. The first-order chi connectivity index (χ1) is 8.97. The fourth-order valence-electron chi connectivity index (χ4n) is 1.36. The van der Waals surface area contributed by atoms with E-state index >= 15 is 0 Å². The molecule has 19 heavy (non-hydrogen) atoms. The number of carbonyl (C=O) groups is 1. The molecule has 0 spiro atoms. The number of carbonyl (C=O) groups excluding carboxylic acids is 1. The molecule has 1 amide bonds. The lowest BCUT2D eigenvalue weighted by Crippen LogP contribution is -2.14. The van der Waals surface area contributed by atoms with Crippen LogP contribution < -0.4 is 11.1 Å². The van der Waals surface area contributed by atoms with Crippen molar-refractivity contribution in [2.45, 2.75) is 0 Å². The number of nitrogens with two attached hydrogens (primary N) is 1. The van der Waals surface area contributed by atoms with Crippen molar-refractivity contribution in [2.75, 3.05) is 11.1 Å². The summed E-state index contributed by atoms with van der Waals surface area (Å²) < 4.78 is 0.699. The summed E-state index contributed by atoms with van der Waals surface area (Å²) in [6.45, 7) is 0. The Balaban J connectivity index is 2.28. The van der Waals surface area contributed by atoms with Gasteiger partial charge in [-0.05, 0) is 18.2 Å². The summed E-state index contributed by atoms with van der Waals surface area (Å²) in [5.41, 5.74) is 6.50. The lowest BCUT2D eigenvalue weighted by atomic mass is 10.2. The van der Waals surface area contributed by atoms with Gasteiger partial charge in [0.25, 0.3) is 5.91 Å². The lowest BCUT2D eigenvalue weighted by molar-refractivity contribution is 0.102. The Morgan fingerprint density at radius 3 is 2.68 bits per heavy atom. The van der Waals surface area contributed by atoms with Crippen LogP contribution in [0.1, 0.15) is 10.4 Å². The normalized spacial score (nSPS) is 10.3. The molecule has 2 aromatic rings. The van der Waals surface area contributed by atoms with E-state index in [1.165, 1.54) is 12.4 Å². The molecule has 0 saturated heterocycles. The van der Waals surface area contributed by atoms with Crippen LogP contribution >= 0.6 is 39.1 Å². The number of hydrogen-bond acceptors (Lipinski definition) is 4. The smallest absolute Gasteiger partial charge is 0.256 e. The molecular formula is C11H7BrCl2N4O. The zero-order chi connectivity index (χ0) is 14.0. The number of anilines is 2. The first-order valence-electron chi connectivity index (χ1n) is 5.01. The van der Waals surface area contributed by atoms with E-state index in [0.29, 0.717) is 15.7 Å². The molecule has 8 heteroatoms. The number of nitrogen functional groups attached to an aromatic ring is 1. The molecule has 2 rings (SSSR count). The van der Waals surface area contributed by atoms with Gasteiger partial charge in [-0.1, -0.05) is 39.1 Å². The minimum absolute atomic E-state index is 0.0701. The molecule has 1 aromatic heterocycles. The minimum Gasteiger partial charge on any atom is -0.399 e. The maximum Gasteiger partial charge on any atom is 0.256 e. The molecule has 5 nitrogen and oxygen atoms in total. The van der Waals surface area contributed by atoms with Crippen molar-refractivity contribution in [3.63, 3.8) is 0 Å². The third kappa shape index (κ3) is 3.34. The number of hydrogen-bond donors (Lipinski definition) is 2. The van der Waals surface area contributed by atoms with Gasteiger partial charge in [-0.25, -0.2) is 9.97 Å². The SMILES string of the molecule is Nc1cc(Br)cc(C(=O)Nc2ncnc(Cl)c2Cl)c1. The van der Waals surface area contributed by atoms with E-state index < -0.39 is 5.91 Å². The van der Waals surface area contributed by atoms with Gasteiger partial charge >= 0.3 is 0 Å². The highest BCUT2D eigenvalue weighted by Gasteiger charge is 2.13. The number of amides is 1. The monoisotopic (exact) mass is 360 g/mol. The van der Waals surface area contributed by atoms with Gasteiger partial charge in [0.05, 0.1) is 0 Å². The van der Waals surface area contributed by atoms with Gasteiger partial charge in [-0.15, -0.1) is 0 Å². The third-order valence-corrected chi connectivity index (χ3v) is 3.36. The Labute approximate surface area is 127 Å². The fraction of sp³-hybridized carbons (Fsp3) is 0. The molecule has 3 N–H and O–H groups in total. The van der Waals surface area contributed by atoms with E-state index in [0.717, 1.165) is 0 Å². The molecule has 1 heterocycles. The van der Waals surface area contributed by atoms with Gasteiger partial charge in [0, 0.05) is 15.7 Å². The van der Waals surface area contributed by atoms with E-state index in [1.54, 1.807) is 12.1 Å². The average Bonchev–Trinajstić information content (AvgIpc) is 2.33. The van der Waals surface area contributed by atoms with Gasteiger partial charge < -0.3 is 11.1 Å². The molecule has 0 aliphatic heterocycles. The number of aromatic nitrogens is 2. The van der Waals surface area contributed by atoms with Crippen molar-refractivity contribution in [3.8, 4) is 0 Å². The Bertz CT molecular complexity index is 630. The van der Waals surface area contributed by atoms with Crippen molar-refractivity contribution in [1.82, 2.24) is 9.97 Å². The maximum absolute atomic E-state index is 12.0. The quantitative estimate of drug-likeness (QED) is 0.634. The molecule has 0 saturated carbocycles. The molecule has 0 aliphatic rings. The number of nitrogens with zero attached hydrogens (tertiary/aromatic N) is 2. The summed E-state index contributed by atoms with van der Waals surface area (Å²) in [5, 5.41) is 2.69. The zero-order valence-corrected chi connectivity index (χ0v) is 12.4. The van der Waals surface area contributed by atoms with Crippen LogP contribution in [0.15, 0.2) is 29.0 Å². The second-order valence-electron chi connectivity index (χ2n) is 3.55. The first kappa shape index (κ1) is 14.0. The topological polar surface area (TPSA) is 80.9 Å². The summed E-state index contributed by atoms with van der Waals surface area (Å²) >= 11 is 14.9. The van der Waals surface area contributed by atoms with Gasteiger partial charge in [0.2, 0.25) is 0 Å². The van der Waals surface area contributed by atoms with Gasteiger partial charge in [-0.2, -0.15) is 0 Å². The van der Waals surface area contributed by atoms with Gasteiger partial charge in [0.15, 0.2) is 11.0 Å². The molecule has 0 radical (unpaired) electrons. The van der Waals surface area contributed by atoms with E-state index in [-0.39, 0.29) is 16.0 Å². The number of halogens is 3. The largest absolute Gasteiger partial charge is 0.399 e. The fourth-order valence-corrected chi connectivity index (χ4v) is 2.15. The lowest BCUT2D eigenvalue weighted by Gasteiger charge is -2.07. The van der Waals surface area contributed by atoms with Crippen molar-refractivity contribution in [2.24, 2.45) is 0 Å². The van der Waals surface area contributed by atoms with Crippen molar-refractivity contribution < 1.29 is 4.79 Å². The molecule has 0 bridgehead atoms. The van der Waals surface area contributed by atoms with Crippen LogP contribution in [0, 0.1) is 0 Å². The number of nitrogens with one attached hydrogen (secondary N) is 1. The molecule has 98 valence electrons. The maximum atomic E-state index is 12.0. The van der Waals surface area contributed by atoms with Crippen LogP contribution in [0.5, 0.6) is 0 Å².